The Labute approximate surface area is 179 Å². The summed E-state index contributed by atoms with van der Waals surface area (Å²) in [4.78, 5) is 47.6. The molecular weight excluding hydrogens is 402 g/mol. The molecule has 0 fully saturated rings. The summed E-state index contributed by atoms with van der Waals surface area (Å²) in [6, 6.07) is 10.3. The largest absolute Gasteiger partial charge is 0.454 e. The molecule has 31 heavy (non-hydrogen) atoms. The molecule has 1 atom stereocenters. The van der Waals surface area contributed by atoms with E-state index in [4.69, 9.17) is 4.74 Å². The molecule has 0 spiro atoms. The number of nitro benzene ring substituents is 1. The zero-order valence-electron chi connectivity index (χ0n) is 17.8. The van der Waals surface area contributed by atoms with Crippen LogP contribution < -0.4 is 10.6 Å². The molecule has 2 aromatic carbocycles. The highest BCUT2D eigenvalue weighted by atomic mass is 16.6. The molecule has 9 nitrogen and oxygen atoms in total. The van der Waals surface area contributed by atoms with Crippen LogP contribution in [0.2, 0.25) is 0 Å². The summed E-state index contributed by atoms with van der Waals surface area (Å²) >= 11 is 0. The fourth-order valence-electron chi connectivity index (χ4n) is 2.82. The van der Waals surface area contributed by atoms with Crippen molar-refractivity contribution in [2.24, 2.45) is 5.92 Å². The third kappa shape index (κ3) is 6.63. The number of carbonyl (C=O) groups is 3. The van der Waals surface area contributed by atoms with Gasteiger partial charge in [0.25, 0.3) is 17.5 Å². The quantitative estimate of drug-likeness (QED) is 0.378. The van der Waals surface area contributed by atoms with Gasteiger partial charge in [-0.1, -0.05) is 37.6 Å². The highest BCUT2D eigenvalue weighted by Gasteiger charge is 2.27. The van der Waals surface area contributed by atoms with Crippen molar-refractivity contribution in [3.8, 4) is 0 Å². The number of hydrogen-bond acceptors (Lipinski definition) is 6. The predicted octanol–water partition coefficient (Wildman–Crippen LogP) is 3.15. The van der Waals surface area contributed by atoms with Gasteiger partial charge in [0.2, 0.25) is 0 Å². The average Bonchev–Trinajstić information content (AvgIpc) is 2.71. The molecule has 164 valence electrons. The minimum Gasteiger partial charge on any atom is -0.454 e. The molecule has 0 aliphatic carbocycles. The number of amides is 2. The van der Waals surface area contributed by atoms with Crippen LogP contribution in [-0.2, 0) is 14.3 Å². The summed E-state index contributed by atoms with van der Waals surface area (Å²) in [5.41, 5.74) is 1.72. The second-order valence-electron chi connectivity index (χ2n) is 7.50. The van der Waals surface area contributed by atoms with Gasteiger partial charge in [0.05, 0.1) is 4.92 Å². The van der Waals surface area contributed by atoms with Crippen LogP contribution in [0.25, 0.3) is 0 Å². The molecular formula is C22H25N3O6. The van der Waals surface area contributed by atoms with E-state index < -0.39 is 35.4 Å². The summed E-state index contributed by atoms with van der Waals surface area (Å²) in [6.07, 6.45) is 0. The highest BCUT2D eigenvalue weighted by molar-refractivity contribution is 5.98. The molecule has 2 N–H and O–H groups in total. The van der Waals surface area contributed by atoms with E-state index in [1.54, 1.807) is 45.0 Å². The van der Waals surface area contributed by atoms with Crippen LogP contribution in [0.3, 0.4) is 0 Å². The van der Waals surface area contributed by atoms with Gasteiger partial charge >= 0.3 is 5.97 Å². The molecule has 2 aromatic rings. The number of carbonyl (C=O) groups excluding carboxylic acids is 3. The number of anilines is 1. The lowest BCUT2D eigenvalue weighted by Gasteiger charge is -2.21. The Bertz CT molecular complexity index is 1000. The zero-order valence-corrected chi connectivity index (χ0v) is 17.8. The second-order valence-corrected chi connectivity index (χ2v) is 7.50. The van der Waals surface area contributed by atoms with Crippen molar-refractivity contribution in [1.82, 2.24) is 5.32 Å². The zero-order chi connectivity index (χ0) is 23.1. The van der Waals surface area contributed by atoms with E-state index >= 15 is 0 Å². The van der Waals surface area contributed by atoms with Crippen molar-refractivity contribution in [2.75, 3.05) is 11.9 Å². The fourth-order valence-corrected chi connectivity index (χ4v) is 2.82. The maximum atomic E-state index is 12.5. The van der Waals surface area contributed by atoms with Crippen molar-refractivity contribution in [3.63, 3.8) is 0 Å². The molecule has 0 unspecified atom stereocenters. The van der Waals surface area contributed by atoms with Gasteiger partial charge in [0.1, 0.15) is 11.7 Å². The molecule has 9 heteroatoms. The molecule has 0 saturated heterocycles. The number of hydrogen-bond donors (Lipinski definition) is 2. The van der Waals surface area contributed by atoms with Gasteiger partial charge < -0.3 is 15.4 Å². The Morgan fingerprint density at radius 3 is 2.35 bits per heavy atom. The van der Waals surface area contributed by atoms with Crippen molar-refractivity contribution >= 4 is 29.2 Å². The number of ether oxygens (including phenoxy) is 1. The van der Waals surface area contributed by atoms with Crippen LogP contribution >= 0.6 is 0 Å². The first-order valence-corrected chi connectivity index (χ1v) is 9.67. The average molecular weight is 427 g/mol. The van der Waals surface area contributed by atoms with Crippen LogP contribution in [0.1, 0.15) is 35.3 Å². The molecule has 0 aliphatic heterocycles. The molecule has 0 heterocycles. The minimum absolute atomic E-state index is 0.00445. The maximum Gasteiger partial charge on any atom is 0.329 e. The lowest BCUT2D eigenvalue weighted by atomic mass is 10.0. The van der Waals surface area contributed by atoms with Crippen LogP contribution in [-0.4, -0.2) is 35.4 Å². The Morgan fingerprint density at radius 1 is 1.06 bits per heavy atom. The molecule has 0 bridgehead atoms. The number of benzene rings is 2. The SMILES string of the molecule is Cc1cccc(C(=O)N[C@H](C(=O)OCC(=O)Nc2ccc(C)cc2[N+](=O)[O-])C(C)C)c1. The van der Waals surface area contributed by atoms with Crippen molar-refractivity contribution in [1.29, 1.82) is 0 Å². The van der Waals surface area contributed by atoms with Gasteiger partial charge in [-0.25, -0.2) is 4.79 Å². The number of aryl methyl sites for hydroxylation is 2. The van der Waals surface area contributed by atoms with Crippen LogP contribution in [0.4, 0.5) is 11.4 Å². The van der Waals surface area contributed by atoms with Gasteiger partial charge in [0.15, 0.2) is 6.61 Å². The summed E-state index contributed by atoms with van der Waals surface area (Å²) < 4.78 is 5.05. The molecule has 0 aliphatic rings. The minimum atomic E-state index is -0.963. The first kappa shape index (κ1) is 23.5. The lowest BCUT2D eigenvalue weighted by Crippen LogP contribution is -2.46. The topological polar surface area (TPSA) is 128 Å². The Kier molecular flexibility index (Phi) is 7.84. The number of nitrogens with zero attached hydrogens (tertiary/aromatic N) is 1. The number of esters is 1. The van der Waals surface area contributed by atoms with E-state index in [0.29, 0.717) is 11.1 Å². The molecule has 2 amide bonds. The monoisotopic (exact) mass is 427 g/mol. The summed E-state index contributed by atoms with van der Waals surface area (Å²) in [6.45, 7) is 6.36. The number of rotatable bonds is 8. The molecule has 2 rings (SSSR count). The number of nitro groups is 1. The predicted molar refractivity (Wildman–Crippen MR) is 115 cm³/mol. The van der Waals surface area contributed by atoms with Gasteiger partial charge in [-0.2, -0.15) is 0 Å². The maximum absolute atomic E-state index is 12.5. The summed E-state index contributed by atoms with van der Waals surface area (Å²) in [5, 5.41) is 16.2. The van der Waals surface area contributed by atoms with E-state index in [9.17, 15) is 24.5 Å². The van der Waals surface area contributed by atoms with E-state index in [0.717, 1.165) is 5.56 Å². The van der Waals surface area contributed by atoms with Gasteiger partial charge in [-0.15, -0.1) is 0 Å². The fraction of sp³-hybridized carbons (Fsp3) is 0.318. The van der Waals surface area contributed by atoms with Crippen LogP contribution in [0, 0.1) is 29.9 Å². The van der Waals surface area contributed by atoms with Gasteiger partial charge in [0, 0.05) is 11.6 Å². The molecule has 0 saturated carbocycles. The van der Waals surface area contributed by atoms with E-state index in [2.05, 4.69) is 10.6 Å². The van der Waals surface area contributed by atoms with E-state index in [-0.39, 0.29) is 17.3 Å². The van der Waals surface area contributed by atoms with Gasteiger partial charge in [-0.05, 0) is 43.5 Å². The Hall–Kier alpha value is -3.75. The van der Waals surface area contributed by atoms with Crippen molar-refractivity contribution in [2.45, 2.75) is 33.7 Å². The molecule has 0 radical (unpaired) electrons. The smallest absolute Gasteiger partial charge is 0.329 e. The third-order valence-corrected chi connectivity index (χ3v) is 4.46. The molecule has 0 aromatic heterocycles. The number of nitrogens with one attached hydrogen (secondary N) is 2. The van der Waals surface area contributed by atoms with Crippen molar-refractivity contribution in [3.05, 3.63) is 69.3 Å². The van der Waals surface area contributed by atoms with E-state index in [1.165, 1.54) is 12.1 Å². The standard InChI is InChI=1S/C22H25N3O6/c1-13(2)20(24-21(27)16-7-5-6-14(3)10-16)22(28)31-12-19(26)23-17-9-8-15(4)11-18(17)25(29)30/h5-11,13,20H,12H2,1-4H3,(H,23,26)(H,24,27)/t20-/m0/s1. The Balaban J connectivity index is 1.99. The Morgan fingerprint density at radius 2 is 1.74 bits per heavy atom. The van der Waals surface area contributed by atoms with Gasteiger partial charge in [-0.3, -0.25) is 19.7 Å². The second kappa shape index (κ2) is 10.3. The van der Waals surface area contributed by atoms with Crippen molar-refractivity contribution < 1.29 is 24.0 Å². The third-order valence-electron chi connectivity index (χ3n) is 4.46. The highest BCUT2D eigenvalue weighted by Crippen LogP contribution is 2.25. The summed E-state index contributed by atoms with van der Waals surface area (Å²) in [7, 11) is 0. The first-order valence-electron chi connectivity index (χ1n) is 9.67. The lowest BCUT2D eigenvalue weighted by molar-refractivity contribution is -0.384. The normalized spacial score (nSPS) is 11.5. The first-order chi connectivity index (χ1) is 14.6. The summed E-state index contributed by atoms with van der Waals surface area (Å²) in [5.74, 6) is -2.22. The van der Waals surface area contributed by atoms with Crippen LogP contribution in [0.5, 0.6) is 0 Å². The van der Waals surface area contributed by atoms with Crippen LogP contribution in [0.15, 0.2) is 42.5 Å². The van der Waals surface area contributed by atoms with E-state index in [1.807, 2.05) is 13.0 Å².